The van der Waals surface area contributed by atoms with Gasteiger partial charge in [-0.05, 0) is 26.2 Å². The van der Waals surface area contributed by atoms with E-state index in [1.165, 1.54) is 0 Å². The van der Waals surface area contributed by atoms with E-state index >= 15 is 0 Å². The molecule has 0 radical (unpaired) electrons. The van der Waals surface area contributed by atoms with Crippen molar-refractivity contribution in [2.24, 2.45) is 0 Å². The summed E-state index contributed by atoms with van der Waals surface area (Å²) in [6.07, 6.45) is 1.82. The minimum Gasteiger partial charge on any atom is -0.388 e. The number of nitrogens with zero attached hydrogens (tertiary/aromatic N) is 2. The molecule has 0 bridgehead atoms. The molecule has 1 aromatic heterocycles. The first-order chi connectivity index (χ1) is 5.72. The van der Waals surface area contributed by atoms with Gasteiger partial charge in [0.1, 0.15) is 0 Å². The van der Waals surface area contributed by atoms with Crippen LogP contribution < -0.4 is 5.32 Å². The first kappa shape index (κ1) is 9.00. The molecule has 1 rings (SSSR count). The highest BCUT2D eigenvalue weighted by atomic mass is 15.1. The Bertz CT molecular complexity index is 245. The second-order valence-corrected chi connectivity index (χ2v) is 3.02. The molecule has 3 nitrogen and oxygen atoms in total. The monoisotopic (exact) mass is 165 g/mol. The van der Waals surface area contributed by atoms with Crippen LogP contribution in [0.2, 0.25) is 0 Å². The Labute approximate surface area is 73.4 Å². The molecule has 0 aliphatic rings. The molecule has 0 amide bonds. The number of hydrogen-bond donors (Lipinski definition) is 1. The van der Waals surface area contributed by atoms with Crippen molar-refractivity contribution in [3.8, 4) is 0 Å². The van der Waals surface area contributed by atoms with E-state index in [0.717, 1.165) is 17.9 Å². The molecule has 3 heteroatoms. The molecular formula is C9H15N3. The number of rotatable bonds is 3. The fourth-order valence-electron chi connectivity index (χ4n) is 1.04. The molecule has 12 heavy (non-hydrogen) atoms. The summed E-state index contributed by atoms with van der Waals surface area (Å²) < 4.78 is 0. The van der Waals surface area contributed by atoms with Crippen LogP contribution in [0, 0.1) is 0 Å². The Morgan fingerprint density at radius 3 is 2.83 bits per heavy atom. The smallest absolute Gasteiger partial charge is 0.0564 e. The summed E-state index contributed by atoms with van der Waals surface area (Å²) in [5.41, 5.74) is 2.20. The van der Waals surface area contributed by atoms with Gasteiger partial charge in [0.25, 0.3) is 0 Å². The Kier molecular flexibility index (Phi) is 3.05. The van der Waals surface area contributed by atoms with Gasteiger partial charge in [-0.1, -0.05) is 0 Å². The molecule has 0 saturated heterocycles. The van der Waals surface area contributed by atoms with Gasteiger partial charge < -0.3 is 10.2 Å². The van der Waals surface area contributed by atoms with Gasteiger partial charge in [-0.3, -0.25) is 4.98 Å². The summed E-state index contributed by atoms with van der Waals surface area (Å²) in [7, 11) is 5.98. The SMILES string of the molecule is CNc1ccnc(CN(C)C)c1. The van der Waals surface area contributed by atoms with Crippen molar-refractivity contribution >= 4 is 5.69 Å². The summed E-state index contributed by atoms with van der Waals surface area (Å²) in [4.78, 5) is 6.34. The second-order valence-electron chi connectivity index (χ2n) is 3.02. The van der Waals surface area contributed by atoms with Crippen LogP contribution in [0.25, 0.3) is 0 Å². The lowest BCUT2D eigenvalue weighted by atomic mass is 10.3. The van der Waals surface area contributed by atoms with E-state index in [2.05, 4.69) is 21.3 Å². The molecule has 0 aliphatic heterocycles. The number of hydrogen-bond acceptors (Lipinski definition) is 3. The van der Waals surface area contributed by atoms with Gasteiger partial charge >= 0.3 is 0 Å². The fourth-order valence-corrected chi connectivity index (χ4v) is 1.04. The number of nitrogens with one attached hydrogen (secondary N) is 1. The third-order valence-electron chi connectivity index (χ3n) is 1.58. The van der Waals surface area contributed by atoms with E-state index in [1.54, 1.807) is 0 Å². The predicted octanol–water partition coefficient (Wildman–Crippen LogP) is 1.18. The zero-order chi connectivity index (χ0) is 8.97. The first-order valence-corrected chi connectivity index (χ1v) is 4.00. The number of aromatic nitrogens is 1. The molecule has 1 aromatic rings. The maximum Gasteiger partial charge on any atom is 0.0564 e. The average Bonchev–Trinajstić information content (AvgIpc) is 2.03. The van der Waals surface area contributed by atoms with Gasteiger partial charge in [-0.2, -0.15) is 0 Å². The predicted molar refractivity (Wildman–Crippen MR) is 51.2 cm³/mol. The molecule has 0 unspecified atom stereocenters. The second kappa shape index (κ2) is 4.07. The van der Waals surface area contributed by atoms with Crippen molar-refractivity contribution in [1.82, 2.24) is 9.88 Å². The molecular weight excluding hydrogens is 150 g/mol. The Hall–Kier alpha value is -1.09. The van der Waals surface area contributed by atoms with E-state index in [9.17, 15) is 0 Å². The van der Waals surface area contributed by atoms with Crippen molar-refractivity contribution in [1.29, 1.82) is 0 Å². The zero-order valence-corrected chi connectivity index (χ0v) is 7.83. The molecule has 1 N–H and O–H groups in total. The van der Waals surface area contributed by atoms with Crippen LogP contribution in [0.4, 0.5) is 5.69 Å². The third kappa shape index (κ3) is 2.51. The maximum absolute atomic E-state index is 4.25. The summed E-state index contributed by atoms with van der Waals surface area (Å²) in [6.45, 7) is 0.884. The van der Waals surface area contributed by atoms with E-state index < -0.39 is 0 Å². The van der Waals surface area contributed by atoms with Crippen LogP contribution in [0.5, 0.6) is 0 Å². The highest BCUT2D eigenvalue weighted by Crippen LogP contribution is 2.07. The minimum absolute atomic E-state index is 0.884. The van der Waals surface area contributed by atoms with Crippen molar-refractivity contribution in [2.75, 3.05) is 26.5 Å². The van der Waals surface area contributed by atoms with Crippen LogP contribution >= 0.6 is 0 Å². The van der Waals surface area contributed by atoms with Gasteiger partial charge in [-0.15, -0.1) is 0 Å². The summed E-state index contributed by atoms with van der Waals surface area (Å²) in [5, 5.41) is 3.08. The van der Waals surface area contributed by atoms with Crippen molar-refractivity contribution in [3.05, 3.63) is 24.0 Å². The summed E-state index contributed by atoms with van der Waals surface area (Å²) in [5.74, 6) is 0. The highest BCUT2D eigenvalue weighted by molar-refractivity contribution is 5.42. The van der Waals surface area contributed by atoms with Crippen LogP contribution in [0.1, 0.15) is 5.69 Å². The van der Waals surface area contributed by atoms with E-state index in [-0.39, 0.29) is 0 Å². The Morgan fingerprint density at radius 1 is 1.50 bits per heavy atom. The Morgan fingerprint density at radius 2 is 2.25 bits per heavy atom. The first-order valence-electron chi connectivity index (χ1n) is 4.00. The van der Waals surface area contributed by atoms with Crippen LogP contribution in [0.3, 0.4) is 0 Å². The maximum atomic E-state index is 4.25. The number of anilines is 1. The highest BCUT2D eigenvalue weighted by Gasteiger charge is 1.96. The molecule has 0 spiro atoms. The lowest BCUT2D eigenvalue weighted by molar-refractivity contribution is 0.397. The van der Waals surface area contributed by atoms with Gasteiger partial charge in [0.2, 0.25) is 0 Å². The summed E-state index contributed by atoms with van der Waals surface area (Å²) in [6, 6.07) is 4.01. The molecule has 66 valence electrons. The van der Waals surface area contributed by atoms with Gasteiger partial charge in [0, 0.05) is 25.5 Å². The normalized spacial score (nSPS) is 10.3. The molecule has 1 heterocycles. The standard InChI is InChI=1S/C9H15N3/c1-10-8-4-5-11-9(6-8)7-12(2)3/h4-6H,7H2,1-3H3,(H,10,11). The van der Waals surface area contributed by atoms with E-state index in [4.69, 9.17) is 0 Å². The van der Waals surface area contributed by atoms with Crippen molar-refractivity contribution in [2.45, 2.75) is 6.54 Å². The molecule has 0 aromatic carbocycles. The molecule has 0 aliphatic carbocycles. The zero-order valence-electron chi connectivity index (χ0n) is 7.83. The quantitative estimate of drug-likeness (QED) is 0.729. The van der Waals surface area contributed by atoms with Crippen LogP contribution in [-0.4, -0.2) is 31.0 Å². The molecule has 0 saturated carbocycles. The van der Waals surface area contributed by atoms with E-state index in [1.807, 2.05) is 33.4 Å². The minimum atomic E-state index is 0.884. The lowest BCUT2D eigenvalue weighted by Gasteiger charge is -2.09. The number of pyridine rings is 1. The fraction of sp³-hybridized carbons (Fsp3) is 0.444. The van der Waals surface area contributed by atoms with Gasteiger partial charge in [0.05, 0.1) is 5.69 Å². The topological polar surface area (TPSA) is 28.2 Å². The van der Waals surface area contributed by atoms with Crippen molar-refractivity contribution < 1.29 is 0 Å². The van der Waals surface area contributed by atoms with Gasteiger partial charge in [0.15, 0.2) is 0 Å². The van der Waals surface area contributed by atoms with Crippen LogP contribution in [0.15, 0.2) is 18.3 Å². The van der Waals surface area contributed by atoms with Gasteiger partial charge in [-0.25, -0.2) is 0 Å². The Balaban J connectivity index is 2.72. The average molecular weight is 165 g/mol. The third-order valence-corrected chi connectivity index (χ3v) is 1.58. The largest absolute Gasteiger partial charge is 0.388 e. The summed E-state index contributed by atoms with van der Waals surface area (Å²) >= 11 is 0. The van der Waals surface area contributed by atoms with E-state index in [0.29, 0.717) is 0 Å². The molecule has 0 fully saturated rings. The van der Waals surface area contributed by atoms with Crippen molar-refractivity contribution in [3.63, 3.8) is 0 Å². The lowest BCUT2D eigenvalue weighted by Crippen LogP contribution is -2.11. The molecule has 0 atom stereocenters. The van der Waals surface area contributed by atoms with Crippen LogP contribution in [-0.2, 0) is 6.54 Å².